The smallest absolute Gasteiger partial charge is 0.243 e. The van der Waals surface area contributed by atoms with Gasteiger partial charge < -0.3 is 10.2 Å². The maximum absolute atomic E-state index is 13.4. The molecule has 170 valence electrons. The number of rotatable bonds is 4. The Morgan fingerprint density at radius 2 is 1.97 bits per heavy atom. The Balaban J connectivity index is 1.55. The summed E-state index contributed by atoms with van der Waals surface area (Å²) in [6.45, 7) is 5.98. The van der Waals surface area contributed by atoms with Crippen molar-refractivity contribution in [2.45, 2.75) is 43.9 Å². The van der Waals surface area contributed by atoms with E-state index in [0.717, 1.165) is 11.3 Å². The van der Waals surface area contributed by atoms with Gasteiger partial charge in [-0.2, -0.15) is 4.31 Å². The van der Waals surface area contributed by atoms with Crippen molar-refractivity contribution in [3.8, 4) is 0 Å². The highest BCUT2D eigenvalue weighted by Gasteiger charge is 2.43. The van der Waals surface area contributed by atoms with Gasteiger partial charge in [-0.1, -0.05) is 0 Å². The van der Waals surface area contributed by atoms with Crippen LogP contribution in [0.4, 0.5) is 11.5 Å². The van der Waals surface area contributed by atoms with Gasteiger partial charge in [0.25, 0.3) is 0 Å². The first-order valence-corrected chi connectivity index (χ1v) is 12.1. The van der Waals surface area contributed by atoms with Crippen molar-refractivity contribution in [3.05, 3.63) is 47.7 Å². The molecule has 1 aromatic carbocycles. The lowest BCUT2D eigenvalue weighted by atomic mass is 9.86. The molecule has 1 N–H and O–H groups in total. The molecule has 32 heavy (non-hydrogen) atoms. The van der Waals surface area contributed by atoms with E-state index in [4.69, 9.17) is 0 Å². The number of anilines is 2. The summed E-state index contributed by atoms with van der Waals surface area (Å²) < 4.78 is 28.2. The third-order valence-corrected chi connectivity index (χ3v) is 8.26. The highest BCUT2D eigenvalue weighted by molar-refractivity contribution is 7.89. The summed E-state index contributed by atoms with van der Waals surface area (Å²) in [4.78, 5) is 31.2. The van der Waals surface area contributed by atoms with E-state index in [1.54, 1.807) is 56.3 Å². The van der Waals surface area contributed by atoms with Gasteiger partial charge in [0.2, 0.25) is 21.8 Å². The van der Waals surface area contributed by atoms with E-state index < -0.39 is 21.4 Å². The van der Waals surface area contributed by atoms with Crippen molar-refractivity contribution in [2.24, 2.45) is 5.92 Å². The van der Waals surface area contributed by atoms with Crippen LogP contribution in [-0.4, -0.2) is 49.7 Å². The van der Waals surface area contributed by atoms with Crippen LogP contribution in [0.1, 0.15) is 37.8 Å². The number of carbonyl (C=O) groups excluding carboxylic acids is 2. The first-order valence-electron chi connectivity index (χ1n) is 10.7. The number of amides is 2. The Hall–Kier alpha value is -2.78. The Kier molecular flexibility index (Phi) is 5.58. The molecule has 2 aromatic rings. The summed E-state index contributed by atoms with van der Waals surface area (Å²) in [5.41, 5.74) is 1.61. The van der Waals surface area contributed by atoms with Gasteiger partial charge in [-0.25, -0.2) is 13.4 Å². The number of benzene rings is 1. The molecule has 0 saturated carbocycles. The van der Waals surface area contributed by atoms with Crippen molar-refractivity contribution >= 4 is 33.3 Å². The van der Waals surface area contributed by atoms with Crippen LogP contribution < -0.4 is 10.2 Å². The van der Waals surface area contributed by atoms with Crippen LogP contribution in [-0.2, 0) is 25.0 Å². The second-order valence-corrected chi connectivity index (χ2v) is 11.0. The zero-order chi connectivity index (χ0) is 23.3. The maximum atomic E-state index is 13.4. The largest absolute Gasteiger partial charge is 0.314 e. The maximum Gasteiger partial charge on any atom is 0.243 e. The number of fused-ring (bicyclic) bond motifs is 1. The fourth-order valence-corrected chi connectivity index (χ4v) is 6.02. The number of hydrogen-bond acceptors (Lipinski definition) is 5. The van der Waals surface area contributed by atoms with Crippen LogP contribution >= 0.6 is 0 Å². The predicted molar refractivity (Wildman–Crippen MR) is 122 cm³/mol. The molecule has 1 saturated heterocycles. The Morgan fingerprint density at radius 1 is 1.22 bits per heavy atom. The van der Waals surface area contributed by atoms with Gasteiger partial charge in [0.05, 0.1) is 16.2 Å². The van der Waals surface area contributed by atoms with Gasteiger partial charge >= 0.3 is 0 Å². The van der Waals surface area contributed by atoms with E-state index in [0.29, 0.717) is 30.8 Å². The lowest BCUT2D eigenvalue weighted by Crippen LogP contribution is -2.43. The first-order chi connectivity index (χ1) is 15.0. The summed E-state index contributed by atoms with van der Waals surface area (Å²) in [5.74, 6) is -0.296. The molecule has 3 heterocycles. The molecule has 0 aliphatic carbocycles. The molecule has 0 unspecified atom stereocenters. The van der Waals surface area contributed by atoms with Crippen LogP contribution in [0, 0.1) is 12.8 Å². The average molecular weight is 457 g/mol. The third kappa shape index (κ3) is 3.80. The molecule has 1 atom stereocenters. The molecule has 2 aliphatic heterocycles. The number of aromatic nitrogens is 1. The molecule has 9 heteroatoms. The number of pyridine rings is 1. The van der Waals surface area contributed by atoms with Gasteiger partial charge in [-0.15, -0.1) is 0 Å². The molecule has 8 nitrogen and oxygen atoms in total. The van der Waals surface area contributed by atoms with Gasteiger partial charge in [0, 0.05) is 32.0 Å². The van der Waals surface area contributed by atoms with Crippen molar-refractivity contribution in [1.29, 1.82) is 0 Å². The van der Waals surface area contributed by atoms with E-state index in [-0.39, 0.29) is 23.3 Å². The lowest BCUT2D eigenvalue weighted by Gasteiger charge is -2.31. The molecule has 2 amide bonds. The number of nitrogens with zero attached hydrogens (tertiary/aromatic N) is 3. The van der Waals surface area contributed by atoms with E-state index in [1.165, 1.54) is 4.31 Å². The van der Waals surface area contributed by atoms with Crippen LogP contribution in [0.5, 0.6) is 0 Å². The Morgan fingerprint density at radius 3 is 2.69 bits per heavy atom. The SMILES string of the molecule is Cc1ccnc(NC(=O)[C@@H]2CCCN(S(=O)(=O)c3ccc4c(c3)C(C)(C)C(=O)N4C)C2)c1. The lowest BCUT2D eigenvalue weighted by molar-refractivity contribution is -0.122. The number of sulfonamides is 1. The van der Waals surface area contributed by atoms with Crippen LogP contribution in [0.25, 0.3) is 0 Å². The number of piperidine rings is 1. The van der Waals surface area contributed by atoms with E-state index in [9.17, 15) is 18.0 Å². The minimum Gasteiger partial charge on any atom is -0.314 e. The zero-order valence-electron chi connectivity index (χ0n) is 18.8. The standard InChI is InChI=1S/C23H28N4O4S/c1-15-9-10-24-20(12-15)25-21(28)16-6-5-11-27(14-16)32(30,31)17-7-8-19-18(13-17)23(2,3)22(29)26(19)4/h7-10,12-13,16H,5-6,11,14H2,1-4H3,(H,24,25,28)/t16-/m1/s1. The van der Waals surface area contributed by atoms with Gasteiger partial charge in [0.1, 0.15) is 5.82 Å². The minimum absolute atomic E-state index is 0.0680. The first kappa shape index (κ1) is 22.4. The third-order valence-electron chi connectivity index (χ3n) is 6.40. The Labute approximate surface area is 188 Å². The number of carbonyl (C=O) groups is 2. The van der Waals surface area contributed by atoms with Crippen LogP contribution in [0.15, 0.2) is 41.4 Å². The molecular formula is C23H28N4O4S. The van der Waals surface area contributed by atoms with E-state index in [2.05, 4.69) is 10.3 Å². The fraction of sp³-hybridized carbons (Fsp3) is 0.435. The molecule has 4 rings (SSSR count). The van der Waals surface area contributed by atoms with Crippen LogP contribution in [0.3, 0.4) is 0 Å². The van der Waals surface area contributed by atoms with Crippen LogP contribution in [0.2, 0.25) is 0 Å². The summed E-state index contributed by atoms with van der Waals surface area (Å²) in [7, 11) is -2.11. The number of nitrogens with one attached hydrogen (secondary N) is 1. The molecule has 2 aliphatic rings. The molecule has 0 radical (unpaired) electrons. The van der Waals surface area contributed by atoms with Crippen molar-refractivity contribution < 1.29 is 18.0 Å². The monoisotopic (exact) mass is 456 g/mol. The topological polar surface area (TPSA) is 99.7 Å². The van der Waals surface area contributed by atoms with Gasteiger partial charge in [0.15, 0.2) is 0 Å². The molecule has 1 aromatic heterocycles. The summed E-state index contributed by atoms with van der Waals surface area (Å²) in [5, 5.41) is 2.80. The normalized spacial score (nSPS) is 20.8. The number of aryl methyl sites for hydroxylation is 1. The quantitative estimate of drug-likeness (QED) is 0.763. The fourth-order valence-electron chi connectivity index (χ4n) is 4.47. The number of hydrogen-bond donors (Lipinski definition) is 1. The predicted octanol–water partition coefficient (Wildman–Crippen LogP) is 2.68. The molecule has 0 bridgehead atoms. The van der Waals surface area contributed by atoms with Crippen molar-refractivity contribution in [1.82, 2.24) is 9.29 Å². The average Bonchev–Trinajstić information content (AvgIpc) is 2.94. The van der Waals surface area contributed by atoms with Crippen molar-refractivity contribution in [3.63, 3.8) is 0 Å². The highest BCUT2D eigenvalue weighted by atomic mass is 32.2. The van der Waals surface area contributed by atoms with E-state index >= 15 is 0 Å². The molecule has 0 spiro atoms. The highest BCUT2D eigenvalue weighted by Crippen LogP contribution is 2.42. The second-order valence-electron chi connectivity index (χ2n) is 9.08. The number of likely N-dealkylation sites (N-methyl/N-ethyl adjacent to an activating group) is 1. The minimum atomic E-state index is -3.81. The molecule has 1 fully saturated rings. The summed E-state index contributed by atoms with van der Waals surface area (Å²) in [6.07, 6.45) is 2.83. The van der Waals surface area contributed by atoms with E-state index in [1.807, 2.05) is 13.0 Å². The second kappa shape index (κ2) is 7.97. The Bertz CT molecular complexity index is 1190. The summed E-state index contributed by atoms with van der Waals surface area (Å²) in [6, 6.07) is 8.45. The van der Waals surface area contributed by atoms with Gasteiger partial charge in [-0.3, -0.25) is 9.59 Å². The van der Waals surface area contributed by atoms with Crippen molar-refractivity contribution in [2.75, 3.05) is 30.4 Å². The van der Waals surface area contributed by atoms with Gasteiger partial charge in [-0.05, 0) is 75.1 Å². The summed E-state index contributed by atoms with van der Waals surface area (Å²) >= 11 is 0. The molecular weight excluding hydrogens is 428 g/mol. The zero-order valence-corrected chi connectivity index (χ0v) is 19.6.